The van der Waals surface area contributed by atoms with Crippen molar-refractivity contribution < 1.29 is 54.0 Å². The quantitative estimate of drug-likeness (QED) is 0.0451. The Hall–Kier alpha value is -5.16. The molecular weight excluding hydrogens is 805 g/mol. The summed E-state index contributed by atoms with van der Waals surface area (Å²) in [7, 11) is 0. The number of nitrogens with zero attached hydrogens (tertiary/aromatic N) is 1. The molecule has 13 N–H and O–H groups in total. The second-order valence-electron chi connectivity index (χ2n) is 14.2. The number of hydrogen-bond acceptors (Lipinski definition) is 11. The van der Waals surface area contributed by atoms with E-state index in [4.69, 9.17) is 27.7 Å². The van der Waals surface area contributed by atoms with Gasteiger partial charge in [-0.25, -0.2) is 14.4 Å². The van der Waals surface area contributed by atoms with Crippen molar-refractivity contribution in [2.75, 3.05) is 64.2 Å². The lowest BCUT2D eigenvalue weighted by Crippen LogP contribution is -2.51. The first-order chi connectivity index (χ1) is 28.7. The molecule has 22 heteroatoms. The Morgan fingerprint density at radius 3 is 1.78 bits per heavy atom. The fourth-order valence-electron chi connectivity index (χ4n) is 5.93. The molecule has 0 spiro atoms. The first kappa shape index (κ1) is 51.0. The largest absolute Gasteiger partial charge is 0.657 e. The number of nitrogens with one attached hydrogen (secondary N) is 9. The first-order valence-electron chi connectivity index (χ1n) is 20.2. The van der Waals surface area contributed by atoms with Crippen molar-refractivity contribution in [2.24, 2.45) is 0 Å². The van der Waals surface area contributed by atoms with E-state index in [0.717, 1.165) is 77.2 Å². The van der Waals surface area contributed by atoms with Crippen molar-refractivity contribution >= 4 is 64.7 Å². The fraction of sp³-hybridized carbons (Fsp3) is 0.632. The van der Waals surface area contributed by atoms with Crippen LogP contribution in [-0.2, 0) is 35.2 Å². The third-order valence-electron chi connectivity index (χ3n) is 9.20. The number of thiocarbonyl (C=S) groups is 1. The van der Waals surface area contributed by atoms with Crippen molar-refractivity contribution in [1.29, 1.82) is 0 Å². The molecule has 2 unspecified atom stereocenters. The van der Waals surface area contributed by atoms with E-state index in [-0.39, 0.29) is 19.0 Å². The van der Waals surface area contributed by atoms with Crippen LogP contribution in [0.5, 0.6) is 0 Å². The number of aliphatic carboxylic acids is 4. The second-order valence-corrected chi connectivity index (χ2v) is 14.6. The molecule has 1 saturated heterocycles. The molecule has 1 aliphatic rings. The smallest absolute Gasteiger partial charge is 0.326 e. The molecule has 0 aliphatic carbocycles. The average molecular weight is 866 g/mol. The van der Waals surface area contributed by atoms with Gasteiger partial charge in [-0.05, 0) is 81.5 Å². The van der Waals surface area contributed by atoms with Crippen LogP contribution in [0.1, 0.15) is 69.8 Å². The van der Waals surface area contributed by atoms with E-state index in [9.17, 15) is 43.8 Å². The third-order valence-corrected chi connectivity index (χ3v) is 9.44. The first-order valence-corrected chi connectivity index (χ1v) is 20.6. The van der Waals surface area contributed by atoms with Gasteiger partial charge in [-0.2, -0.15) is 0 Å². The zero-order valence-electron chi connectivity index (χ0n) is 33.8. The fourth-order valence-corrected chi connectivity index (χ4v) is 6.15. The number of carboxylic acid groups (broad SMARTS) is 4. The number of urea groups is 1. The summed E-state index contributed by atoms with van der Waals surface area (Å²) in [6, 6.07) is 2.68. The lowest BCUT2D eigenvalue weighted by Gasteiger charge is -2.33. The summed E-state index contributed by atoms with van der Waals surface area (Å²) in [4.78, 5) is 82.7. The van der Waals surface area contributed by atoms with Gasteiger partial charge in [0.05, 0.1) is 0 Å². The molecule has 0 radical (unpaired) electrons. The number of anilines is 1. The number of carboxylic acids is 4. The van der Waals surface area contributed by atoms with Crippen LogP contribution in [0.3, 0.4) is 0 Å². The van der Waals surface area contributed by atoms with Crippen LogP contribution in [-0.4, -0.2) is 150 Å². The number of benzene rings is 1. The summed E-state index contributed by atoms with van der Waals surface area (Å²) in [6.45, 7) is 7.09. The van der Waals surface area contributed by atoms with E-state index in [2.05, 4.69) is 49.4 Å². The highest BCUT2D eigenvalue weighted by atomic mass is 32.1. The Morgan fingerprint density at radius 1 is 0.667 bits per heavy atom. The molecule has 1 aromatic rings. The molecule has 60 heavy (non-hydrogen) atoms. The van der Waals surface area contributed by atoms with E-state index in [1.165, 1.54) is 5.56 Å². The van der Waals surface area contributed by atoms with Gasteiger partial charge in [0.25, 0.3) is 0 Å². The SMILES string of the molecule is O=C(O)CCC(NC(=O)CC[C@H](NC(=O)N[C@@H](CCC(=O)O)C(=O)O)C(=O)O)C(=O)NCCCCCCNC(=S)Nc1ccc(CC2CNCCNCCNCC[N-]2)cc1. The predicted molar refractivity (Wildman–Crippen MR) is 226 cm³/mol. The second kappa shape index (κ2) is 30.0. The van der Waals surface area contributed by atoms with Crippen molar-refractivity contribution in [3.05, 3.63) is 35.1 Å². The molecule has 1 aromatic carbocycles. The molecule has 1 heterocycles. The van der Waals surface area contributed by atoms with Gasteiger partial charge in [-0.1, -0.05) is 25.0 Å². The lowest BCUT2D eigenvalue weighted by atomic mass is 10.1. The van der Waals surface area contributed by atoms with Crippen molar-refractivity contribution in [2.45, 2.75) is 94.8 Å². The Bertz CT molecular complexity index is 1530. The van der Waals surface area contributed by atoms with Crippen LogP contribution in [0, 0.1) is 0 Å². The number of hydrogen-bond donors (Lipinski definition) is 13. The van der Waals surface area contributed by atoms with Crippen LogP contribution in [0.15, 0.2) is 24.3 Å². The van der Waals surface area contributed by atoms with Crippen LogP contribution >= 0.6 is 12.2 Å². The molecule has 0 aromatic heterocycles. The van der Waals surface area contributed by atoms with Crippen LogP contribution in [0.2, 0.25) is 0 Å². The molecule has 0 saturated carbocycles. The van der Waals surface area contributed by atoms with E-state index < -0.39 is 92.0 Å². The summed E-state index contributed by atoms with van der Waals surface area (Å²) in [5.74, 6) is -6.93. The molecule has 1 fully saturated rings. The Balaban J connectivity index is 1.69. The molecule has 0 bridgehead atoms. The van der Waals surface area contributed by atoms with Gasteiger partial charge in [0.1, 0.15) is 18.1 Å². The number of carbonyl (C=O) groups is 7. The van der Waals surface area contributed by atoms with E-state index in [1.54, 1.807) is 0 Å². The number of carbonyl (C=O) groups excluding carboxylic acids is 3. The van der Waals surface area contributed by atoms with E-state index in [1.807, 2.05) is 22.8 Å². The summed E-state index contributed by atoms with van der Waals surface area (Å²) in [6.07, 6.45) is 1.28. The maximum absolute atomic E-state index is 12.9. The zero-order chi connectivity index (χ0) is 44.1. The minimum atomic E-state index is -1.64. The Kier molecular flexibility index (Phi) is 25.5. The van der Waals surface area contributed by atoms with Gasteiger partial charge >= 0.3 is 29.9 Å². The normalized spacial score (nSPS) is 16.2. The molecule has 4 atom stereocenters. The van der Waals surface area contributed by atoms with Crippen LogP contribution in [0.4, 0.5) is 10.5 Å². The maximum Gasteiger partial charge on any atom is 0.326 e. The highest BCUT2D eigenvalue weighted by molar-refractivity contribution is 7.80. The summed E-state index contributed by atoms with van der Waals surface area (Å²) < 4.78 is 0. The predicted octanol–water partition coefficient (Wildman–Crippen LogP) is -0.0830. The molecule has 1 aliphatic heterocycles. The van der Waals surface area contributed by atoms with Gasteiger partial charge in [0.15, 0.2) is 5.11 Å². The van der Waals surface area contributed by atoms with Crippen molar-refractivity contribution in [1.82, 2.24) is 42.5 Å². The Labute approximate surface area is 354 Å². The molecule has 336 valence electrons. The van der Waals surface area contributed by atoms with Crippen LogP contribution < -0.4 is 47.9 Å². The highest BCUT2D eigenvalue weighted by Crippen LogP contribution is 2.14. The summed E-state index contributed by atoms with van der Waals surface area (Å²) in [5, 5.41) is 67.8. The van der Waals surface area contributed by atoms with Crippen molar-refractivity contribution in [3.63, 3.8) is 0 Å². The average Bonchev–Trinajstić information content (AvgIpc) is 3.18. The lowest BCUT2D eigenvalue weighted by molar-refractivity contribution is -0.141. The van der Waals surface area contributed by atoms with E-state index in [0.29, 0.717) is 18.1 Å². The molecule has 2 rings (SSSR count). The summed E-state index contributed by atoms with van der Waals surface area (Å²) >= 11 is 5.46. The number of rotatable bonds is 25. The number of unbranched alkanes of at least 4 members (excludes halogenated alkanes) is 3. The van der Waals surface area contributed by atoms with E-state index >= 15 is 0 Å². The number of amides is 4. The van der Waals surface area contributed by atoms with Gasteiger partial charge in [0.2, 0.25) is 11.8 Å². The Morgan fingerprint density at radius 2 is 1.20 bits per heavy atom. The summed E-state index contributed by atoms with van der Waals surface area (Å²) in [5.41, 5.74) is 2.07. The molecular formula is C38H61N10O11S-. The van der Waals surface area contributed by atoms with Gasteiger partial charge in [0, 0.05) is 64.2 Å². The van der Waals surface area contributed by atoms with Gasteiger partial charge in [-0.3, -0.25) is 19.2 Å². The van der Waals surface area contributed by atoms with Crippen molar-refractivity contribution in [3.8, 4) is 0 Å². The third kappa shape index (κ3) is 24.1. The topological polar surface area (TPSA) is 323 Å². The molecule has 4 amide bonds. The maximum atomic E-state index is 12.9. The monoisotopic (exact) mass is 865 g/mol. The van der Waals surface area contributed by atoms with Gasteiger partial charge in [-0.15, -0.1) is 12.6 Å². The van der Waals surface area contributed by atoms with Gasteiger partial charge < -0.3 is 73.6 Å². The highest BCUT2D eigenvalue weighted by Gasteiger charge is 2.27. The zero-order valence-corrected chi connectivity index (χ0v) is 34.6. The molecule has 21 nitrogen and oxygen atoms in total. The minimum Gasteiger partial charge on any atom is -0.657 e. The van der Waals surface area contributed by atoms with Crippen LogP contribution in [0.25, 0.3) is 5.32 Å². The standard InChI is InChI=1S/C38H61N10O11S/c49-31(12-9-29(35(55)56)47-37(59)48-30(36(57)58)11-14-33(52)53)46-28(10-13-32(50)51)34(54)43-15-3-1-2-4-16-44-38(60)45-26-7-5-25(6-8-26)23-27-24-41-20-19-39-17-18-40-21-22-42-27/h5-8,27-30,39-41H,1-4,9-24H2,(H,43,54)(H,46,49)(H,50,51)(H,52,53)(H,55,56)(H,57,58)(H2,44,45,60)(H2,47,48,59)/q-1/t27?,28?,29-,30-/m0/s1. The minimum absolute atomic E-state index is 0.191.